The topological polar surface area (TPSA) is 81.4 Å². The lowest BCUT2D eigenvalue weighted by Gasteiger charge is -2.22. The van der Waals surface area contributed by atoms with E-state index >= 15 is 0 Å². The number of hydrogen-bond donors (Lipinski definition) is 2. The molecule has 5 nitrogen and oxygen atoms in total. The maximum Gasteiger partial charge on any atom is 0.241 e. The summed E-state index contributed by atoms with van der Waals surface area (Å²) in [4.78, 5) is 1.09. The molecule has 3 N–H and O–H groups in total. The van der Waals surface area contributed by atoms with E-state index in [9.17, 15) is 8.42 Å². The van der Waals surface area contributed by atoms with Gasteiger partial charge in [-0.15, -0.1) is 11.3 Å². The van der Waals surface area contributed by atoms with E-state index in [0.717, 1.165) is 36.5 Å². The summed E-state index contributed by atoms with van der Waals surface area (Å²) in [7, 11) is -3.45. The van der Waals surface area contributed by atoms with Crippen LogP contribution in [0.5, 0.6) is 0 Å². The first-order valence-corrected chi connectivity index (χ1v) is 8.75. The van der Waals surface area contributed by atoms with E-state index in [-0.39, 0.29) is 6.54 Å². The lowest BCUT2D eigenvalue weighted by molar-refractivity contribution is 0.0678. The van der Waals surface area contributed by atoms with Crippen molar-refractivity contribution in [2.45, 2.75) is 31.2 Å². The largest absolute Gasteiger partial charge is 0.381 e. The van der Waals surface area contributed by atoms with Gasteiger partial charge >= 0.3 is 0 Å². The maximum atomic E-state index is 12.3. The zero-order valence-corrected chi connectivity index (χ0v) is 12.6. The highest BCUT2D eigenvalue weighted by atomic mass is 32.2. The fourth-order valence-corrected chi connectivity index (χ4v) is 5.05. The number of nitrogens with two attached hydrogens (primary N) is 1. The van der Waals surface area contributed by atoms with Crippen LogP contribution in [0.1, 0.15) is 23.3 Å². The van der Waals surface area contributed by atoms with Crippen LogP contribution in [0.4, 0.5) is 0 Å². The molecular weight excluding hydrogens is 284 g/mol. The first-order valence-electron chi connectivity index (χ1n) is 6.39. The van der Waals surface area contributed by atoms with Crippen LogP contribution in [0.25, 0.3) is 0 Å². The third-order valence-corrected chi connectivity index (χ3v) is 6.25. The number of rotatable bonds is 5. The van der Waals surface area contributed by atoms with Gasteiger partial charge in [0, 0.05) is 31.2 Å². The molecule has 1 aromatic heterocycles. The molecule has 1 saturated heterocycles. The molecular formula is C12H20N2O3S2. The molecule has 0 radical (unpaired) electrons. The molecule has 1 aromatic rings. The minimum absolute atomic E-state index is 0.256. The Bertz CT molecular complexity index is 519. The summed E-state index contributed by atoms with van der Waals surface area (Å²) in [5.74, 6) is 0.365. The van der Waals surface area contributed by atoms with Gasteiger partial charge in [0.25, 0.3) is 0 Å². The first kappa shape index (κ1) is 14.9. The highest BCUT2D eigenvalue weighted by Gasteiger charge is 2.24. The van der Waals surface area contributed by atoms with Gasteiger partial charge in [-0.2, -0.15) is 0 Å². The summed E-state index contributed by atoms with van der Waals surface area (Å²) < 4.78 is 32.7. The molecule has 2 rings (SSSR count). The van der Waals surface area contributed by atoms with Crippen molar-refractivity contribution < 1.29 is 13.2 Å². The van der Waals surface area contributed by atoms with Crippen molar-refractivity contribution in [3.05, 3.63) is 15.8 Å². The fourth-order valence-electron chi connectivity index (χ4n) is 2.24. The van der Waals surface area contributed by atoms with Gasteiger partial charge in [0.05, 0.1) is 0 Å². The molecule has 0 unspecified atom stereocenters. The van der Waals surface area contributed by atoms with E-state index in [1.54, 1.807) is 6.92 Å². The Morgan fingerprint density at radius 3 is 2.79 bits per heavy atom. The SMILES string of the molecule is Cc1csc(CN)c1S(=O)(=O)NCC1CCOCC1. The van der Waals surface area contributed by atoms with Crippen molar-refractivity contribution in [3.63, 3.8) is 0 Å². The average molecular weight is 304 g/mol. The molecule has 2 heterocycles. The summed E-state index contributed by atoms with van der Waals surface area (Å²) in [5, 5.41) is 1.84. The lowest BCUT2D eigenvalue weighted by atomic mass is 10.0. The molecule has 1 aliphatic heterocycles. The first-order chi connectivity index (χ1) is 9.04. The molecule has 0 bridgehead atoms. The summed E-state index contributed by atoms with van der Waals surface area (Å²) >= 11 is 1.40. The Morgan fingerprint density at radius 2 is 2.16 bits per heavy atom. The van der Waals surface area contributed by atoms with Gasteiger partial charge < -0.3 is 10.5 Å². The third kappa shape index (κ3) is 3.55. The smallest absolute Gasteiger partial charge is 0.241 e. The average Bonchev–Trinajstić information content (AvgIpc) is 2.80. The highest BCUT2D eigenvalue weighted by Crippen LogP contribution is 2.26. The number of nitrogens with one attached hydrogen (secondary N) is 1. The van der Waals surface area contributed by atoms with Crippen LogP contribution in [-0.4, -0.2) is 28.2 Å². The van der Waals surface area contributed by atoms with Gasteiger partial charge in [-0.3, -0.25) is 0 Å². The van der Waals surface area contributed by atoms with E-state index in [2.05, 4.69) is 4.72 Å². The van der Waals surface area contributed by atoms with Gasteiger partial charge in [-0.05, 0) is 36.6 Å². The predicted molar refractivity (Wildman–Crippen MR) is 75.7 cm³/mol. The summed E-state index contributed by atoms with van der Waals surface area (Å²) in [6, 6.07) is 0. The monoisotopic (exact) mass is 304 g/mol. The quantitative estimate of drug-likeness (QED) is 0.857. The van der Waals surface area contributed by atoms with Crippen LogP contribution < -0.4 is 10.5 Å². The second kappa shape index (κ2) is 6.32. The van der Waals surface area contributed by atoms with E-state index in [1.165, 1.54) is 11.3 Å². The second-order valence-corrected chi connectivity index (χ2v) is 7.45. The molecule has 0 amide bonds. The zero-order chi connectivity index (χ0) is 13.9. The van der Waals surface area contributed by atoms with Gasteiger partial charge in [0.1, 0.15) is 4.90 Å². The Balaban J connectivity index is 2.07. The number of thiophene rings is 1. The summed E-state index contributed by atoms with van der Waals surface area (Å²) in [5.41, 5.74) is 6.37. The van der Waals surface area contributed by atoms with Crippen molar-refractivity contribution in [2.24, 2.45) is 11.7 Å². The fraction of sp³-hybridized carbons (Fsp3) is 0.667. The predicted octanol–water partition coefficient (Wildman–Crippen LogP) is 1.22. The molecule has 0 atom stereocenters. The highest BCUT2D eigenvalue weighted by molar-refractivity contribution is 7.89. The van der Waals surface area contributed by atoms with E-state index < -0.39 is 10.0 Å². The Labute approximate surface area is 118 Å². The molecule has 0 aliphatic carbocycles. The van der Waals surface area contributed by atoms with Crippen molar-refractivity contribution in [1.29, 1.82) is 0 Å². The standard InChI is InChI=1S/C12H20N2O3S2/c1-9-8-18-11(6-13)12(9)19(15,16)14-7-10-2-4-17-5-3-10/h8,10,14H,2-7,13H2,1H3. The number of hydrogen-bond acceptors (Lipinski definition) is 5. The summed E-state index contributed by atoms with van der Waals surface area (Å²) in [6.45, 7) is 3.98. The Morgan fingerprint density at radius 1 is 1.47 bits per heavy atom. The number of ether oxygens (including phenoxy) is 1. The lowest BCUT2D eigenvalue weighted by Crippen LogP contribution is -2.32. The molecule has 0 spiro atoms. The third-order valence-electron chi connectivity index (χ3n) is 3.35. The molecule has 7 heteroatoms. The normalized spacial score (nSPS) is 17.8. The molecule has 0 saturated carbocycles. The van der Waals surface area contributed by atoms with Gasteiger partial charge in [-0.25, -0.2) is 13.1 Å². The van der Waals surface area contributed by atoms with Crippen molar-refractivity contribution in [1.82, 2.24) is 4.72 Å². The van der Waals surface area contributed by atoms with Gasteiger partial charge in [0.2, 0.25) is 10.0 Å². The molecule has 1 aliphatic rings. The van der Waals surface area contributed by atoms with E-state index in [1.807, 2.05) is 5.38 Å². The van der Waals surface area contributed by atoms with Crippen LogP contribution in [-0.2, 0) is 21.3 Å². The summed E-state index contributed by atoms with van der Waals surface area (Å²) in [6.07, 6.45) is 1.82. The zero-order valence-electron chi connectivity index (χ0n) is 11.0. The van der Waals surface area contributed by atoms with Gasteiger partial charge in [0.15, 0.2) is 0 Å². The molecule has 0 aromatic carbocycles. The Kier molecular flexibility index (Phi) is 4.97. The Hall–Kier alpha value is -0.470. The van der Waals surface area contributed by atoms with Crippen LogP contribution >= 0.6 is 11.3 Å². The second-order valence-electron chi connectivity index (χ2n) is 4.78. The number of aryl methyl sites for hydroxylation is 1. The van der Waals surface area contributed by atoms with E-state index in [4.69, 9.17) is 10.5 Å². The minimum Gasteiger partial charge on any atom is -0.381 e. The van der Waals surface area contributed by atoms with Gasteiger partial charge in [-0.1, -0.05) is 0 Å². The van der Waals surface area contributed by atoms with Crippen LogP contribution in [0.3, 0.4) is 0 Å². The minimum atomic E-state index is -3.45. The molecule has 19 heavy (non-hydrogen) atoms. The van der Waals surface area contributed by atoms with Crippen molar-refractivity contribution in [3.8, 4) is 0 Å². The molecule has 108 valence electrons. The van der Waals surface area contributed by atoms with Crippen LogP contribution in [0.2, 0.25) is 0 Å². The van der Waals surface area contributed by atoms with Crippen LogP contribution in [0.15, 0.2) is 10.3 Å². The van der Waals surface area contributed by atoms with Crippen molar-refractivity contribution >= 4 is 21.4 Å². The number of sulfonamides is 1. The molecule has 1 fully saturated rings. The van der Waals surface area contributed by atoms with E-state index in [0.29, 0.717) is 17.4 Å². The van der Waals surface area contributed by atoms with Crippen molar-refractivity contribution in [2.75, 3.05) is 19.8 Å². The maximum absolute atomic E-state index is 12.3. The van der Waals surface area contributed by atoms with Crippen LogP contribution in [0, 0.1) is 12.8 Å².